The number of benzene rings is 3. The highest BCUT2D eigenvalue weighted by atomic mass is 16.1. The molecule has 1 heterocycles. The lowest BCUT2D eigenvalue weighted by Gasteiger charge is -2.23. The topological polar surface area (TPSA) is 57.3 Å². The van der Waals surface area contributed by atoms with E-state index in [1.165, 1.54) is 16.8 Å². The van der Waals surface area contributed by atoms with Crippen LogP contribution in [0.5, 0.6) is 0 Å². The van der Waals surface area contributed by atoms with Crippen molar-refractivity contribution < 1.29 is 4.79 Å². The second-order valence-corrected chi connectivity index (χ2v) is 9.50. The molecule has 5 heteroatoms. The van der Waals surface area contributed by atoms with Gasteiger partial charge in [-0.25, -0.2) is 4.98 Å². The quantitative estimate of drug-likeness (QED) is 0.239. The Morgan fingerprint density at radius 1 is 0.972 bits per heavy atom. The number of para-hydroxylation sites is 1. The summed E-state index contributed by atoms with van der Waals surface area (Å²) in [6, 6.07) is 26.5. The monoisotopic (exact) mass is 480 g/mol. The Balaban J connectivity index is 1.44. The van der Waals surface area contributed by atoms with E-state index in [1.807, 2.05) is 30.3 Å². The third-order valence-electron chi connectivity index (χ3n) is 6.45. The predicted molar refractivity (Wildman–Crippen MR) is 152 cm³/mol. The van der Waals surface area contributed by atoms with Crippen LogP contribution in [0.4, 0.5) is 17.2 Å². The van der Waals surface area contributed by atoms with E-state index in [4.69, 9.17) is 4.98 Å². The molecule has 3 aromatic carbocycles. The fourth-order valence-corrected chi connectivity index (χ4v) is 4.39. The zero-order valence-electron chi connectivity index (χ0n) is 21.7. The van der Waals surface area contributed by atoms with Crippen LogP contribution in [0.25, 0.3) is 10.9 Å². The van der Waals surface area contributed by atoms with Gasteiger partial charge in [-0.15, -0.1) is 0 Å². The maximum Gasteiger partial charge on any atom is 0.252 e. The molecular formula is C31H36N4O. The van der Waals surface area contributed by atoms with Crippen LogP contribution in [0, 0.1) is 6.92 Å². The normalized spacial score (nSPS) is 11.0. The summed E-state index contributed by atoms with van der Waals surface area (Å²) in [6.45, 7) is 11.1. The molecular weight excluding hydrogens is 444 g/mol. The Hall–Kier alpha value is -3.86. The molecule has 0 saturated carbocycles. The van der Waals surface area contributed by atoms with Crippen molar-refractivity contribution in [3.63, 3.8) is 0 Å². The Morgan fingerprint density at radius 3 is 2.47 bits per heavy atom. The van der Waals surface area contributed by atoms with Gasteiger partial charge in [-0.05, 0) is 73.7 Å². The Morgan fingerprint density at radius 2 is 1.75 bits per heavy atom. The number of carbonyl (C=O) groups is 1. The van der Waals surface area contributed by atoms with Gasteiger partial charge in [0.05, 0.1) is 11.1 Å². The average Bonchev–Trinajstić information content (AvgIpc) is 2.88. The molecule has 5 nitrogen and oxygen atoms in total. The lowest BCUT2D eigenvalue weighted by molar-refractivity contribution is 0.0955. The number of carbonyl (C=O) groups excluding carboxylic acids is 1. The van der Waals surface area contributed by atoms with Crippen LogP contribution in [0.3, 0.4) is 0 Å². The number of anilines is 3. The molecule has 0 atom stereocenters. The van der Waals surface area contributed by atoms with Crippen LogP contribution in [0.1, 0.15) is 54.6 Å². The number of nitrogens with zero attached hydrogens (tertiary/aromatic N) is 2. The van der Waals surface area contributed by atoms with Crippen LogP contribution in [-0.2, 0) is 0 Å². The SMILES string of the molecule is CCN(CCCNC(=O)c1cc(Nc2ccc(C(C)C)cc2)nc2ccccc12)c1cccc(C)c1. The first kappa shape index (κ1) is 25.2. The fraction of sp³-hybridized carbons (Fsp3) is 0.290. The molecule has 0 aliphatic heterocycles. The molecule has 0 radical (unpaired) electrons. The second-order valence-electron chi connectivity index (χ2n) is 9.50. The van der Waals surface area contributed by atoms with Gasteiger partial charge in [0.25, 0.3) is 5.91 Å². The Kier molecular flexibility index (Phi) is 8.21. The van der Waals surface area contributed by atoms with E-state index >= 15 is 0 Å². The number of nitrogens with one attached hydrogen (secondary N) is 2. The van der Waals surface area contributed by atoms with Gasteiger partial charge in [0.1, 0.15) is 5.82 Å². The van der Waals surface area contributed by atoms with Crippen molar-refractivity contribution in [2.24, 2.45) is 0 Å². The standard InChI is InChI=1S/C31H36N4O/c1-5-35(26-11-8-10-23(4)20-26)19-9-18-32-31(36)28-21-30(34-29-13-7-6-12-27(28)29)33-25-16-14-24(15-17-25)22(2)3/h6-8,10-17,20-22H,5,9,18-19H2,1-4H3,(H,32,36)(H,33,34). The summed E-state index contributed by atoms with van der Waals surface area (Å²) in [5.74, 6) is 1.06. The Labute approximate surface area is 214 Å². The Bertz CT molecular complexity index is 1310. The summed E-state index contributed by atoms with van der Waals surface area (Å²) in [5, 5.41) is 7.35. The molecule has 0 saturated heterocycles. The summed E-state index contributed by atoms with van der Waals surface area (Å²) in [5.41, 5.74) is 6.14. The lowest BCUT2D eigenvalue weighted by Crippen LogP contribution is -2.30. The number of aryl methyl sites for hydroxylation is 1. The predicted octanol–water partition coefficient (Wildman–Crippen LogP) is 7.06. The largest absolute Gasteiger partial charge is 0.372 e. The lowest BCUT2D eigenvalue weighted by atomic mass is 10.0. The van der Waals surface area contributed by atoms with E-state index < -0.39 is 0 Å². The molecule has 0 fully saturated rings. The number of rotatable bonds is 10. The number of amides is 1. The summed E-state index contributed by atoms with van der Waals surface area (Å²) in [6.07, 6.45) is 0.865. The average molecular weight is 481 g/mol. The highest BCUT2D eigenvalue weighted by molar-refractivity contribution is 6.07. The molecule has 0 aliphatic carbocycles. The molecule has 0 unspecified atom stereocenters. The van der Waals surface area contributed by atoms with Crippen molar-refractivity contribution in [3.8, 4) is 0 Å². The summed E-state index contributed by atoms with van der Waals surface area (Å²) < 4.78 is 0. The maximum atomic E-state index is 13.2. The van der Waals surface area contributed by atoms with Crippen LogP contribution < -0.4 is 15.5 Å². The fourth-order valence-electron chi connectivity index (χ4n) is 4.39. The van der Waals surface area contributed by atoms with Crippen molar-refractivity contribution in [3.05, 3.63) is 95.6 Å². The highest BCUT2D eigenvalue weighted by Crippen LogP contribution is 2.24. The number of fused-ring (bicyclic) bond motifs is 1. The third kappa shape index (κ3) is 6.22. The summed E-state index contributed by atoms with van der Waals surface area (Å²) >= 11 is 0. The minimum atomic E-state index is -0.0783. The summed E-state index contributed by atoms with van der Waals surface area (Å²) in [7, 11) is 0. The molecule has 4 aromatic rings. The molecule has 0 aliphatic rings. The van der Waals surface area contributed by atoms with E-state index in [1.54, 1.807) is 0 Å². The van der Waals surface area contributed by atoms with Crippen molar-refractivity contribution in [1.82, 2.24) is 10.3 Å². The molecule has 0 bridgehead atoms. The number of aromatic nitrogens is 1. The third-order valence-corrected chi connectivity index (χ3v) is 6.45. The second kappa shape index (κ2) is 11.7. The van der Waals surface area contributed by atoms with E-state index in [-0.39, 0.29) is 5.91 Å². The van der Waals surface area contributed by atoms with E-state index in [9.17, 15) is 4.79 Å². The molecule has 1 amide bonds. The van der Waals surface area contributed by atoms with E-state index in [0.717, 1.165) is 36.1 Å². The van der Waals surface area contributed by atoms with E-state index in [2.05, 4.69) is 91.8 Å². The zero-order valence-corrected chi connectivity index (χ0v) is 21.7. The number of hydrogen-bond acceptors (Lipinski definition) is 4. The van der Waals surface area contributed by atoms with Crippen molar-refractivity contribution in [2.45, 2.75) is 40.0 Å². The van der Waals surface area contributed by atoms with E-state index in [0.29, 0.717) is 23.8 Å². The van der Waals surface area contributed by atoms with Crippen molar-refractivity contribution in [1.29, 1.82) is 0 Å². The van der Waals surface area contributed by atoms with Gasteiger partial charge < -0.3 is 15.5 Å². The summed E-state index contributed by atoms with van der Waals surface area (Å²) in [4.78, 5) is 20.3. The van der Waals surface area contributed by atoms with Gasteiger partial charge in [0.15, 0.2) is 0 Å². The van der Waals surface area contributed by atoms with Crippen LogP contribution in [0.2, 0.25) is 0 Å². The van der Waals surface area contributed by atoms with Crippen molar-refractivity contribution >= 4 is 34.0 Å². The number of pyridine rings is 1. The van der Waals surface area contributed by atoms with Gasteiger partial charge >= 0.3 is 0 Å². The van der Waals surface area contributed by atoms with Crippen molar-refractivity contribution in [2.75, 3.05) is 29.9 Å². The number of hydrogen-bond donors (Lipinski definition) is 2. The first-order chi connectivity index (χ1) is 17.4. The van der Waals surface area contributed by atoms with Gasteiger partial charge in [-0.3, -0.25) is 4.79 Å². The van der Waals surface area contributed by atoms with Crippen LogP contribution in [0.15, 0.2) is 78.9 Å². The van der Waals surface area contributed by atoms with Gasteiger partial charge in [0, 0.05) is 36.4 Å². The van der Waals surface area contributed by atoms with Gasteiger partial charge in [-0.2, -0.15) is 0 Å². The first-order valence-electron chi connectivity index (χ1n) is 12.8. The maximum absolute atomic E-state index is 13.2. The zero-order chi connectivity index (χ0) is 25.5. The molecule has 4 rings (SSSR count). The molecule has 1 aromatic heterocycles. The highest BCUT2D eigenvalue weighted by Gasteiger charge is 2.13. The van der Waals surface area contributed by atoms with Crippen LogP contribution in [-0.4, -0.2) is 30.5 Å². The van der Waals surface area contributed by atoms with Crippen LogP contribution >= 0.6 is 0 Å². The molecule has 0 spiro atoms. The minimum absolute atomic E-state index is 0.0783. The molecule has 36 heavy (non-hydrogen) atoms. The first-order valence-corrected chi connectivity index (χ1v) is 12.8. The smallest absolute Gasteiger partial charge is 0.252 e. The van der Waals surface area contributed by atoms with Gasteiger partial charge in [-0.1, -0.05) is 56.3 Å². The molecule has 186 valence electrons. The molecule has 2 N–H and O–H groups in total. The minimum Gasteiger partial charge on any atom is -0.372 e. The van der Waals surface area contributed by atoms with Gasteiger partial charge in [0.2, 0.25) is 0 Å².